The minimum absolute atomic E-state index is 0.0748. The van der Waals surface area contributed by atoms with Crippen LogP contribution in [-0.4, -0.2) is 39.9 Å². The van der Waals surface area contributed by atoms with Crippen LogP contribution in [0.1, 0.15) is 10.4 Å². The van der Waals surface area contributed by atoms with Crippen molar-refractivity contribution in [1.82, 2.24) is 0 Å². The molecule has 0 spiro atoms. The van der Waals surface area contributed by atoms with E-state index in [1.807, 2.05) is 6.07 Å². The molecule has 0 fully saturated rings. The summed E-state index contributed by atoms with van der Waals surface area (Å²) in [6, 6.07) is 8.72. The van der Waals surface area contributed by atoms with E-state index in [1.54, 1.807) is 31.4 Å². The van der Waals surface area contributed by atoms with Gasteiger partial charge in [0, 0.05) is 7.11 Å². The molecule has 0 N–H and O–H groups in total. The van der Waals surface area contributed by atoms with E-state index in [4.69, 9.17) is 18.9 Å². The van der Waals surface area contributed by atoms with Crippen LogP contribution in [0.4, 0.5) is 0 Å². The molecule has 0 saturated heterocycles. The lowest BCUT2D eigenvalue weighted by Gasteiger charge is -2.06. The number of carbonyl (C=O) groups excluding carboxylic acids is 1. The topological polar surface area (TPSA) is 54.0 Å². The first-order valence-corrected chi connectivity index (χ1v) is 5.21. The molecule has 17 heavy (non-hydrogen) atoms. The van der Waals surface area contributed by atoms with Crippen LogP contribution in [0.2, 0.25) is 0 Å². The largest absolute Gasteiger partial charge is 0.435 e. The molecule has 0 saturated carbocycles. The molecule has 0 amide bonds. The number of hydrogen-bond acceptors (Lipinski definition) is 5. The van der Waals surface area contributed by atoms with Gasteiger partial charge in [-0.1, -0.05) is 18.2 Å². The molecule has 0 unspecified atom stereocenters. The van der Waals surface area contributed by atoms with E-state index in [1.165, 1.54) is 0 Å². The van der Waals surface area contributed by atoms with Crippen LogP contribution in [0.15, 0.2) is 30.3 Å². The van der Waals surface area contributed by atoms with E-state index in [0.717, 1.165) is 0 Å². The van der Waals surface area contributed by atoms with Gasteiger partial charge >= 0.3 is 5.97 Å². The minimum atomic E-state index is -0.414. The molecule has 1 aromatic rings. The smallest absolute Gasteiger partial charge is 0.340 e. The van der Waals surface area contributed by atoms with Crippen molar-refractivity contribution in [1.29, 1.82) is 0 Å². The van der Waals surface area contributed by atoms with Gasteiger partial charge in [0.05, 0.1) is 18.8 Å². The van der Waals surface area contributed by atoms with E-state index >= 15 is 0 Å². The van der Waals surface area contributed by atoms with Crippen LogP contribution in [0, 0.1) is 0 Å². The summed E-state index contributed by atoms with van der Waals surface area (Å²) in [5.41, 5.74) is 0.497. The third-order valence-electron chi connectivity index (χ3n) is 1.88. The van der Waals surface area contributed by atoms with Gasteiger partial charge in [-0.2, -0.15) is 0 Å². The molecular formula is C12H16O5. The quantitative estimate of drug-likeness (QED) is 0.391. The predicted octanol–water partition coefficient (Wildman–Crippen LogP) is 1.44. The zero-order valence-electron chi connectivity index (χ0n) is 9.76. The average Bonchev–Trinajstić information content (AvgIpc) is 2.38. The van der Waals surface area contributed by atoms with Gasteiger partial charge in [-0.25, -0.2) is 4.79 Å². The second-order valence-electron chi connectivity index (χ2n) is 3.14. The molecule has 5 heteroatoms. The van der Waals surface area contributed by atoms with E-state index in [0.29, 0.717) is 18.8 Å². The molecule has 0 aliphatic carbocycles. The Morgan fingerprint density at radius 3 is 2.53 bits per heavy atom. The molecule has 0 radical (unpaired) electrons. The molecule has 0 bridgehead atoms. The van der Waals surface area contributed by atoms with E-state index in [-0.39, 0.29) is 13.6 Å². The molecule has 0 aliphatic rings. The minimum Gasteiger partial charge on any atom is -0.435 e. The van der Waals surface area contributed by atoms with Gasteiger partial charge in [-0.05, 0) is 12.1 Å². The lowest BCUT2D eigenvalue weighted by atomic mass is 10.2. The molecule has 94 valence electrons. The van der Waals surface area contributed by atoms with Gasteiger partial charge in [0.25, 0.3) is 0 Å². The molecular weight excluding hydrogens is 224 g/mol. The van der Waals surface area contributed by atoms with Crippen molar-refractivity contribution in [2.45, 2.75) is 0 Å². The predicted molar refractivity (Wildman–Crippen MR) is 60.5 cm³/mol. The molecule has 0 atom stereocenters. The summed E-state index contributed by atoms with van der Waals surface area (Å²) in [6.45, 7) is 0.905. The van der Waals surface area contributed by atoms with Crippen LogP contribution in [-0.2, 0) is 18.9 Å². The second-order valence-corrected chi connectivity index (χ2v) is 3.14. The SMILES string of the molecule is COCCOCOCOC(=O)c1ccccc1. The van der Waals surface area contributed by atoms with Gasteiger partial charge in [-0.3, -0.25) is 0 Å². The molecule has 1 rings (SSSR count). The first kappa shape index (κ1) is 13.6. The van der Waals surface area contributed by atoms with Crippen LogP contribution in [0.25, 0.3) is 0 Å². The fraction of sp³-hybridized carbons (Fsp3) is 0.417. The standard InChI is InChI=1S/C12H16O5/c1-14-7-8-15-9-16-10-17-12(13)11-5-3-2-4-6-11/h2-6H,7-10H2,1H3. The van der Waals surface area contributed by atoms with E-state index in [9.17, 15) is 4.79 Å². The van der Waals surface area contributed by atoms with Crippen LogP contribution < -0.4 is 0 Å². The van der Waals surface area contributed by atoms with Crippen molar-refractivity contribution < 1.29 is 23.7 Å². The van der Waals surface area contributed by atoms with Gasteiger partial charge in [0.1, 0.15) is 0 Å². The lowest BCUT2D eigenvalue weighted by Crippen LogP contribution is -2.11. The monoisotopic (exact) mass is 240 g/mol. The summed E-state index contributed by atoms with van der Waals surface area (Å²) < 4.78 is 19.6. The van der Waals surface area contributed by atoms with Crippen molar-refractivity contribution in [3.8, 4) is 0 Å². The Morgan fingerprint density at radius 2 is 1.82 bits per heavy atom. The molecule has 0 aliphatic heterocycles. The third kappa shape index (κ3) is 6.01. The second kappa shape index (κ2) is 8.69. The summed E-state index contributed by atoms with van der Waals surface area (Å²) in [5.74, 6) is -0.414. The third-order valence-corrected chi connectivity index (χ3v) is 1.88. The maximum atomic E-state index is 11.4. The first-order valence-electron chi connectivity index (χ1n) is 5.21. The Morgan fingerprint density at radius 1 is 1.06 bits per heavy atom. The number of rotatable bonds is 8. The molecule has 1 aromatic carbocycles. The first-order chi connectivity index (χ1) is 8.34. The van der Waals surface area contributed by atoms with Crippen LogP contribution in [0.5, 0.6) is 0 Å². The summed E-state index contributed by atoms with van der Waals surface area (Å²) >= 11 is 0. The Balaban J connectivity index is 2.05. The zero-order valence-corrected chi connectivity index (χ0v) is 9.76. The van der Waals surface area contributed by atoms with E-state index < -0.39 is 5.97 Å². The highest BCUT2D eigenvalue weighted by atomic mass is 16.7. The highest BCUT2D eigenvalue weighted by molar-refractivity contribution is 5.89. The zero-order chi connectivity index (χ0) is 12.3. The van der Waals surface area contributed by atoms with Gasteiger partial charge in [0.2, 0.25) is 0 Å². The fourth-order valence-electron chi connectivity index (χ4n) is 1.05. The van der Waals surface area contributed by atoms with Gasteiger partial charge < -0.3 is 18.9 Å². The summed E-state index contributed by atoms with van der Waals surface area (Å²) in [5, 5.41) is 0. The number of ether oxygens (including phenoxy) is 4. The highest BCUT2D eigenvalue weighted by Gasteiger charge is 2.04. The van der Waals surface area contributed by atoms with Gasteiger partial charge in [-0.15, -0.1) is 0 Å². The maximum absolute atomic E-state index is 11.4. The summed E-state index contributed by atoms with van der Waals surface area (Å²) in [4.78, 5) is 11.4. The summed E-state index contributed by atoms with van der Waals surface area (Å²) in [7, 11) is 1.59. The summed E-state index contributed by atoms with van der Waals surface area (Å²) in [6.07, 6.45) is 0. The fourth-order valence-corrected chi connectivity index (χ4v) is 1.05. The molecule has 0 aromatic heterocycles. The highest BCUT2D eigenvalue weighted by Crippen LogP contribution is 2.00. The van der Waals surface area contributed by atoms with Crippen molar-refractivity contribution in [2.24, 2.45) is 0 Å². The Bertz CT molecular complexity index is 312. The van der Waals surface area contributed by atoms with Crippen molar-refractivity contribution in [3.63, 3.8) is 0 Å². The van der Waals surface area contributed by atoms with Crippen molar-refractivity contribution in [3.05, 3.63) is 35.9 Å². The van der Waals surface area contributed by atoms with Crippen LogP contribution >= 0.6 is 0 Å². The number of benzene rings is 1. The maximum Gasteiger partial charge on any atom is 0.340 e. The van der Waals surface area contributed by atoms with E-state index in [2.05, 4.69) is 0 Å². The molecule has 5 nitrogen and oxygen atoms in total. The lowest BCUT2D eigenvalue weighted by molar-refractivity contribution is -0.118. The normalized spacial score (nSPS) is 10.2. The Labute approximate surface area is 100 Å². The number of hydrogen-bond donors (Lipinski definition) is 0. The Hall–Kier alpha value is -1.43. The average molecular weight is 240 g/mol. The van der Waals surface area contributed by atoms with Crippen molar-refractivity contribution >= 4 is 5.97 Å². The number of carbonyl (C=O) groups is 1. The van der Waals surface area contributed by atoms with Crippen LogP contribution in [0.3, 0.4) is 0 Å². The van der Waals surface area contributed by atoms with Crippen molar-refractivity contribution in [2.75, 3.05) is 33.9 Å². The number of esters is 1. The molecule has 0 heterocycles. The Kier molecular flexibility index (Phi) is 6.97. The number of methoxy groups -OCH3 is 1. The van der Waals surface area contributed by atoms with Gasteiger partial charge in [0.15, 0.2) is 13.6 Å².